The van der Waals surface area contributed by atoms with Crippen LogP contribution in [0.5, 0.6) is 0 Å². The van der Waals surface area contributed by atoms with E-state index in [1.54, 1.807) is 0 Å². The molecule has 2 heterocycles. The van der Waals surface area contributed by atoms with E-state index in [0.29, 0.717) is 11.1 Å². The summed E-state index contributed by atoms with van der Waals surface area (Å²) >= 11 is 0.875. The highest BCUT2D eigenvalue weighted by atomic mass is 32.1. The molecule has 158 valence electrons. The first-order valence-corrected chi connectivity index (χ1v) is 9.79. The minimum Gasteiger partial charge on any atom is -0.465 e. The number of methoxy groups -OCH3 is 2. The van der Waals surface area contributed by atoms with Crippen molar-refractivity contribution in [2.75, 3.05) is 20.0 Å². The number of esters is 3. The molecule has 0 fully saturated rings. The number of thiophene rings is 1. The van der Waals surface area contributed by atoms with E-state index in [0.717, 1.165) is 27.8 Å². The van der Waals surface area contributed by atoms with E-state index in [1.807, 2.05) is 26.0 Å². The van der Waals surface area contributed by atoms with E-state index in [1.165, 1.54) is 20.5 Å². The molecule has 0 amide bonds. The molecule has 2 N–H and O–H groups in total. The molecule has 0 aliphatic heterocycles. The molecule has 8 nitrogen and oxygen atoms in total. The third kappa shape index (κ3) is 4.02. The van der Waals surface area contributed by atoms with Crippen LogP contribution < -0.4 is 5.73 Å². The number of carbonyl (C=O) groups is 3. The van der Waals surface area contributed by atoms with Crippen molar-refractivity contribution in [3.05, 3.63) is 51.1 Å². The second kappa shape index (κ2) is 8.58. The fraction of sp³-hybridized carbons (Fsp3) is 0.286. The van der Waals surface area contributed by atoms with Gasteiger partial charge in [-0.3, -0.25) is 4.79 Å². The summed E-state index contributed by atoms with van der Waals surface area (Å²) in [6, 6.07) is 3.87. The Hall–Kier alpha value is -3.33. The average Bonchev–Trinajstić information content (AvgIpc) is 3.26. The maximum absolute atomic E-state index is 12.5. The van der Waals surface area contributed by atoms with Gasteiger partial charge in [-0.1, -0.05) is 0 Å². The highest BCUT2D eigenvalue weighted by Crippen LogP contribution is 2.33. The van der Waals surface area contributed by atoms with E-state index in [9.17, 15) is 14.4 Å². The number of nitrogen functional groups attached to an aromatic ring is 1. The summed E-state index contributed by atoms with van der Waals surface area (Å²) in [6.45, 7) is 3.64. The number of rotatable bonds is 6. The van der Waals surface area contributed by atoms with Crippen molar-refractivity contribution in [1.29, 1.82) is 0 Å². The second-order valence-corrected chi connectivity index (χ2v) is 7.72. The van der Waals surface area contributed by atoms with Gasteiger partial charge in [0.2, 0.25) is 0 Å². The number of hydrogen-bond donors (Lipinski definition) is 1. The van der Waals surface area contributed by atoms with Crippen molar-refractivity contribution in [2.45, 2.75) is 26.9 Å². The molecule has 0 aliphatic rings. The SMILES string of the molecule is COC(=O)c1sc(N)c(C(=O)OC)c1COC(=O)Cc1coc2cc(C)c(C)cc12. The zero-order chi connectivity index (χ0) is 22.0. The predicted octanol–water partition coefficient (Wildman–Crippen LogP) is 3.55. The third-order valence-corrected chi connectivity index (χ3v) is 5.82. The summed E-state index contributed by atoms with van der Waals surface area (Å²) in [6.07, 6.45) is 1.49. The van der Waals surface area contributed by atoms with Crippen molar-refractivity contribution >= 4 is 45.2 Å². The lowest BCUT2D eigenvalue weighted by Crippen LogP contribution is -2.13. The molecule has 0 radical (unpaired) electrons. The lowest BCUT2D eigenvalue weighted by molar-refractivity contribution is -0.144. The van der Waals surface area contributed by atoms with Gasteiger partial charge >= 0.3 is 17.9 Å². The Balaban J connectivity index is 1.82. The van der Waals surface area contributed by atoms with Crippen molar-refractivity contribution in [3.63, 3.8) is 0 Å². The molecule has 0 saturated carbocycles. The van der Waals surface area contributed by atoms with Crippen molar-refractivity contribution in [2.24, 2.45) is 0 Å². The van der Waals surface area contributed by atoms with E-state index in [2.05, 4.69) is 0 Å². The molecule has 1 aromatic carbocycles. The summed E-state index contributed by atoms with van der Waals surface area (Å²) in [4.78, 5) is 36.7. The molecule has 9 heteroatoms. The Morgan fingerprint density at radius 1 is 1.07 bits per heavy atom. The Bertz CT molecular complexity index is 1140. The number of anilines is 1. The first kappa shape index (κ1) is 21.4. The minimum absolute atomic E-state index is 0.00411. The number of benzene rings is 1. The number of ether oxygens (including phenoxy) is 3. The lowest BCUT2D eigenvalue weighted by Gasteiger charge is -2.08. The third-order valence-electron chi connectivity index (χ3n) is 4.78. The molecule has 0 bridgehead atoms. The first-order chi connectivity index (χ1) is 14.3. The fourth-order valence-electron chi connectivity index (χ4n) is 3.04. The molecule has 0 saturated heterocycles. The van der Waals surface area contributed by atoms with Gasteiger partial charge in [-0.2, -0.15) is 0 Å². The number of fused-ring (bicyclic) bond motifs is 1. The molecule has 0 aliphatic carbocycles. The van der Waals surface area contributed by atoms with E-state index >= 15 is 0 Å². The van der Waals surface area contributed by atoms with Gasteiger partial charge in [0.05, 0.1) is 26.9 Å². The van der Waals surface area contributed by atoms with Crippen LogP contribution in [-0.2, 0) is 32.0 Å². The van der Waals surface area contributed by atoms with Gasteiger partial charge in [-0.25, -0.2) is 9.59 Å². The van der Waals surface area contributed by atoms with Gasteiger partial charge in [0.1, 0.15) is 27.6 Å². The number of nitrogens with two attached hydrogens (primary N) is 1. The van der Waals surface area contributed by atoms with Gasteiger partial charge in [-0.15, -0.1) is 11.3 Å². The van der Waals surface area contributed by atoms with Crippen molar-refractivity contribution in [1.82, 2.24) is 0 Å². The second-order valence-electron chi connectivity index (χ2n) is 6.66. The average molecular weight is 431 g/mol. The van der Waals surface area contributed by atoms with Gasteiger partial charge < -0.3 is 24.4 Å². The van der Waals surface area contributed by atoms with Crippen LogP contribution in [0.2, 0.25) is 0 Å². The zero-order valence-electron chi connectivity index (χ0n) is 17.0. The maximum Gasteiger partial charge on any atom is 0.348 e. The zero-order valence-corrected chi connectivity index (χ0v) is 17.8. The Kier molecular flexibility index (Phi) is 6.12. The van der Waals surface area contributed by atoms with E-state index in [-0.39, 0.29) is 34.0 Å². The minimum atomic E-state index is -0.725. The molecule has 30 heavy (non-hydrogen) atoms. The van der Waals surface area contributed by atoms with E-state index in [4.69, 9.17) is 24.4 Å². The van der Waals surface area contributed by atoms with Crippen molar-refractivity contribution < 1.29 is 33.0 Å². The molecule has 0 atom stereocenters. The van der Waals surface area contributed by atoms with Crippen molar-refractivity contribution in [3.8, 4) is 0 Å². The highest BCUT2D eigenvalue weighted by molar-refractivity contribution is 7.18. The van der Waals surface area contributed by atoms with E-state index < -0.39 is 17.9 Å². The lowest BCUT2D eigenvalue weighted by atomic mass is 10.0. The van der Waals surface area contributed by atoms with Gasteiger partial charge in [0.25, 0.3) is 0 Å². The predicted molar refractivity (Wildman–Crippen MR) is 111 cm³/mol. The van der Waals surface area contributed by atoms with Gasteiger partial charge in [-0.05, 0) is 37.1 Å². The topological polar surface area (TPSA) is 118 Å². The van der Waals surface area contributed by atoms with Crippen LogP contribution in [0.4, 0.5) is 5.00 Å². The fourth-order valence-corrected chi connectivity index (χ4v) is 4.02. The molecule has 0 spiro atoms. The standard InChI is InChI=1S/C21H21NO7S/c1-10-5-13-12(8-28-15(13)6-11(10)2)7-16(23)29-9-14-17(20(24)26-3)19(22)30-18(14)21(25)27-4/h5-6,8H,7,9,22H2,1-4H3. The summed E-state index contributed by atoms with van der Waals surface area (Å²) in [5.41, 5.74) is 9.57. The Morgan fingerprint density at radius 2 is 1.73 bits per heavy atom. The van der Waals surface area contributed by atoms with Crippen LogP contribution in [0.25, 0.3) is 11.0 Å². The Labute approximate surface area is 176 Å². The van der Waals surface area contributed by atoms with Gasteiger partial charge in [0.15, 0.2) is 0 Å². The number of hydrogen-bond acceptors (Lipinski definition) is 9. The molecule has 0 unspecified atom stereocenters. The molecular weight excluding hydrogens is 410 g/mol. The molecular formula is C21H21NO7S. The normalized spacial score (nSPS) is 10.8. The summed E-state index contributed by atoms with van der Waals surface area (Å²) < 4.78 is 20.3. The smallest absolute Gasteiger partial charge is 0.348 e. The highest BCUT2D eigenvalue weighted by Gasteiger charge is 2.28. The monoisotopic (exact) mass is 431 g/mol. The summed E-state index contributed by atoms with van der Waals surface area (Å²) in [5.74, 6) is -1.96. The largest absolute Gasteiger partial charge is 0.465 e. The van der Waals surface area contributed by atoms with Crippen LogP contribution in [0.1, 0.15) is 42.3 Å². The summed E-state index contributed by atoms with van der Waals surface area (Å²) in [5, 5.41) is 0.917. The quantitative estimate of drug-likeness (QED) is 0.465. The summed E-state index contributed by atoms with van der Waals surface area (Å²) in [7, 11) is 2.40. The molecule has 3 aromatic rings. The Morgan fingerprint density at radius 3 is 2.40 bits per heavy atom. The first-order valence-electron chi connectivity index (χ1n) is 8.97. The number of carbonyl (C=O) groups excluding carboxylic acids is 3. The molecule has 3 rings (SSSR count). The molecule has 2 aromatic heterocycles. The number of aryl methyl sites for hydroxylation is 2. The van der Waals surface area contributed by atoms with Crippen LogP contribution in [0.3, 0.4) is 0 Å². The van der Waals surface area contributed by atoms with Gasteiger partial charge in [0, 0.05) is 16.5 Å². The van der Waals surface area contributed by atoms with Crippen LogP contribution >= 0.6 is 11.3 Å². The maximum atomic E-state index is 12.5. The van der Waals surface area contributed by atoms with Crippen LogP contribution in [-0.4, -0.2) is 32.1 Å². The number of furan rings is 1. The van der Waals surface area contributed by atoms with Crippen LogP contribution in [0.15, 0.2) is 22.8 Å². The van der Waals surface area contributed by atoms with Crippen LogP contribution in [0, 0.1) is 13.8 Å².